The number of amides is 1. The summed E-state index contributed by atoms with van der Waals surface area (Å²) >= 11 is 3.36. The molecule has 0 spiro atoms. The molecule has 0 aliphatic carbocycles. The predicted octanol–water partition coefficient (Wildman–Crippen LogP) is 4.55. The number of halogens is 1. The van der Waals surface area contributed by atoms with Crippen LogP contribution in [0.15, 0.2) is 46.4 Å². The third kappa shape index (κ3) is 6.47. The molecular formula is C22H21BrN2O4. The van der Waals surface area contributed by atoms with Crippen LogP contribution < -0.4 is 10.1 Å². The Morgan fingerprint density at radius 2 is 1.93 bits per heavy atom. The Hall–Kier alpha value is -3.11. The maximum atomic E-state index is 12.4. The molecule has 2 aromatic rings. The second kappa shape index (κ2) is 10.4. The van der Waals surface area contributed by atoms with Gasteiger partial charge in [-0.25, -0.2) is 4.79 Å². The van der Waals surface area contributed by atoms with Crippen molar-refractivity contribution in [2.45, 2.75) is 20.8 Å². The molecule has 0 bridgehead atoms. The second-order valence-corrected chi connectivity index (χ2v) is 7.06. The zero-order valence-electron chi connectivity index (χ0n) is 16.4. The van der Waals surface area contributed by atoms with E-state index in [0.29, 0.717) is 21.5 Å². The number of carbonyl (C=O) groups excluding carboxylic acids is 2. The van der Waals surface area contributed by atoms with Crippen molar-refractivity contribution in [2.75, 3.05) is 18.5 Å². The standard InChI is InChI=1S/C22H21BrN2O4/c1-4-28-21(26)13-29-20-8-6-16(11-19(20)23)10-17(12-24)22(27)25-18-7-5-14(2)15(3)9-18/h5-11H,4,13H2,1-3H3,(H,25,27)/b17-10+. The van der Waals surface area contributed by atoms with E-state index in [-0.39, 0.29) is 18.8 Å². The molecular weight excluding hydrogens is 436 g/mol. The van der Waals surface area contributed by atoms with E-state index in [0.717, 1.165) is 11.1 Å². The van der Waals surface area contributed by atoms with Crippen molar-refractivity contribution >= 4 is 39.6 Å². The van der Waals surface area contributed by atoms with E-state index in [1.54, 1.807) is 31.2 Å². The molecule has 0 fully saturated rings. The number of hydrogen-bond donors (Lipinski definition) is 1. The largest absolute Gasteiger partial charge is 0.481 e. The first-order valence-corrected chi connectivity index (χ1v) is 9.71. The minimum absolute atomic E-state index is 0.0321. The lowest BCUT2D eigenvalue weighted by Gasteiger charge is -2.09. The van der Waals surface area contributed by atoms with Gasteiger partial charge in [-0.1, -0.05) is 12.1 Å². The summed E-state index contributed by atoms with van der Waals surface area (Å²) in [6.45, 7) is 5.74. The smallest absolute Gasteiger partial charge is 0.344 e. The Balaban J connectivity index is 2.12. The molecule has 2 aromatic carbocycles. The van der Waals surface area contributed by atoms with Crippen LogP contribution in [0.1, 0.15) is 23.6 Å². The van der Waals surface area contributed by atoms with Crippen molar-refractivity contribution in [1.82, 2.24) is 0 Å². The normalized spacial score (nSPS) is 10.8. The highest BCUT2D eigenvalue weighted by Gasteiger charge is 2.11. The molecule has 0 saturated carbocycles. The van der Waals surface area contributed by atoms with E-state index >= 15 is 0 Å². The van der Waals surface area contributed by atoms with E-state index in [9.17, 15) is 14.9 Å². The molecule has 0 aliphatic heterocycles. The average Bonchev–Trinajstić information content (AvgIpc) is 2.68. The SMILES string of the molecule is CCOC(=O)COc1ccc(/C=C(\C#N)C(=O)Nc2ccc(C)c(C)c2)cc1Br. The van der Waals surface area contributed by atoms with Crippen LogP contribution in [0.5, 0.6) is 5.75 Å². The van der Waals surface area contributed by atoms with Crippen LogP contribution in [0, 0.1) is 25.2 Å². The van der Waals surface area contributed by atoms with Gasteiger partial charge in [-0.3, -0.25) is 4.79 Å². The first kappa shape index (κ1) is 22.2. The molecule has 2 rings (SSSR count). The Labute approximate surface area is 178 Å². The lowest BCUT2D eigenvalue weighted by atomic mass is 10.1. The summed E-state index contributed by atoms with van der Waals surface area (Å²) in [6.07, 6.45) is 1.48. The number of carbonyl (C=O) groups is 2. The van der Waals surface area contributed by atoms with E-state index in [4.69, 9.17) is 9.47 Å². The molecule has 0 atom stereocenters. The van der Waals surface area contributed by atoms with Gasteiger partial charge < -0.3 is 14.8 Å². The minimum Gasteiger partial charge on any atom is -0.481 e. The summed E-state index contributed by atoms with van der Waals surface area (Å²) < 4.78 is 10.8. The Kier molecular flexibility index (Phi) is 7.98. The molecule has 1 amide bonds. The van der Waals surface area contributed by atoms with E-state index in [2.05, 4.69) is 21.2 Å². The van der Waals surface area contributed by atoms with Gasteiger partial charge >= 0.3 is 5.97 Å². The molecule has 0 unspecified atom stereocenters. The van der Waals surface area contributed by atoms with Gasteiger partial charge in [0.1, 0.15) is 17.4 Å². The molecule has 0 heterocycles. The van der Waals surface area contributed by atoms with Crippen molar-refractivity contribution in [3.8, 4) is 11.8 Å². The molecule has 29 heavy (non-hydrogen) atoms. The lowest BCUT2D eigenvalue weighted by Crippen LogP contribution is -2.14. The van der Waals surface area contributed by atoms with Crippen molar-refractivity contribution in [3.63, 3.8) is 0 Å². The van der Waals surface area contributed by atoms with Crippen LogP contribution in [0.2, 0.25) is 0 Å². The topological polar surface area (TPSA) is 88.4 Å². The fourth-order valence-corrected chi connectivity index (χ4v) is 2.91. The average molecular weight is 457 g/mol. The van der Waals surface area contributed by atoms with E-state index in [1.807, 2.05) is 32.0 Å². The summed E-state index contributed by atoms with van der Waals surface area (Å²) in [5.74, 6) is -0.499. The minimum atomic E-state index is -0.491. The fraction of sp³-hybridized carbons (Fsp3) is 0.227. The third-order valence-electron chi connectivity index (χ3n) is 4.05. The molecule has 0 aliphatic rings. The van der Waals surface area contributed by atoms with Crippen LogP contribution in [0.4, 0.5) is 5.69 Å². The maximum absolute atomic E-state index is 12.4. The Bertz CT molecular complexity index is 993. The van der Waals surface area contributed by atoms with Gasteiger partial charge in [-0.2, -0.15) is 5.26 Å². The summed E-state index contributed by atoms with van der Waals surface area (Å²) in [5, 5.41) is 12.1. The summed E-state index contributed by atoms with van der Waals surface area (Å²) in [4.78, 5) is 23.8. The van der Waals surface area contributed by atoms with Gasteiger partial charge in [-0.15, -0.1) is 0 Å². The monoisotopic (exact) mass is 456 g/mol. The quantitative estimate of drug-likeness (QED) is 0.374. The Morgan fingerprint density at radius 1 is 1.17 bits per heavy atom. The van der Waals surface area contributed by atoms with Gasteiger partial charge in [0, 0.05) is 5.69 Å². The number of aryl methyl sites for hydroxylation is 2. The first-order valence-electron chi connectivity index (χ1n) is 8.92. The van der Waals surface area contributed by atoms with Gasteiger partial charge in [0.05, 0.1) is 11.1 Å². The van der Waals surface area contributed by atoms with Crippen molar-refractivity contribution < 1.29 is 19.1 Å². The number of hydrogen-bond acceptors (Lipinski definition) is 5. The first-order chi connectivity index (χ1) is 13.8. The van der Waals surface area contributed by atoms with Gasteiger partial charge in [0.2, 0.25) is 0 Å². The van der Waals surface area contributed by atoms with Crippen LogP contribution >= 0.6 is 15.9 Å². The number of nitrogens with one attached hydrogen (secondary N) is 1. The van der Waals surface area contributed by atoms with Crippen LogP contribution in [0.25, 0.3) is 6.08 Å². The third-order valence-corrected chi connectivity index (χ3v) is 4.67. The zero-order chi connectivity index (χ0) is 21.4. The molecule has 1 N–H and O–H groups in total. The summed E-state index contributed by atoms with van der Waals surface area (Å²) in [5.41, 5.74) is 3.40. The van der Waals surface area contributed by atoms with Crippen LogP contribution in [-0.2, 0) is 14.3 Å². The summed E-state index contributed by atoms with van der Waals surface area (Å²) in [7, 11) is 0. The van der Waals surface area contributed by atoms with E-state index in [1.165, 1.54) is 6.08 Å². The number of ether oxygens (including phenoxy) is 2. The molecule has 0 aromatic heterocycles. The van der Waals surface area contributed by atoms with Gasteiger partial charge in [0.25, 0.3) is 5.91 Å². The van der Waals surface area contributed by atoms with Crippen molar-refractivity contribution in [1.29, 1.82) is 5.26 Å². The predicted molar refractivity (Wildman–Crippen MR) is 114 cm³/mol. The highest BCUT2D eigenvalue weighted by molar-refractivity contribution is 9.10. The van der Waals surface area contributed by atoms with E-state index < -0.39 is 11.9 Å². The molecule has 150 valence electrons. The van der Waals surface area contributed by atoms with Crippen LogP contribution in [0.3, 0.4) is 0 Å². The number of benzene rings is 2. The van der Waals surface area contributed by atoms with Crippen molar-refractivity contribution in [3.05, 3.63) is 63.1 Å². The number of anilines is 1. The number of rotatable bonds is 7. The second-order valence-electron chi connectivity index (χ2n) is 6.21. The molecule has 6 nitrogen and oxygen atoms in total. The zero-order valence-corrected chi connectivity index (χ0v) is 18.0. The number of nitriles is 1. The number of nitrogens with zero attached hydrogens (tertiary/aromatic N) is 1. The van der Waals surface area contributed by atoms with Crippen molar-refractivity contribution in [2.24, 2.45) is 0 Å². The Morgan fingerprint density at radius 3 is 2.55 bits per heavy atom. The molecule has 0 radical (unpaired) electrons. The fourth-order valence-electron chi connectivity index (χ4n) is 2.40. The van der Waals surface area contributed by atoms with Gasteiger partial charge in [-0.05, 0) is 83.7 Å². The van der Waals surface area contributed by atoms with Crippen LogP contribution in [-0.4, -0.2) is 25.1 Å². The lowest BCUT2D eigenvalue weighted by molar-refractivity contribution is -0.145. The highest BCUT2D eigenvalue weighted by Crippen LogP contribution is 2.27. The summed E-state index contributed by atoms with van der Waals surface area (Å²) in [6, 6.07) is 12.5. The molecule has 7 heteroatoms. The molecule has 0 saturated heterocycles. The number of esters is 1. The van der Waals surface area contributed by atoms with Gasteiger partial charge in [0.15, 0.2) is 6.61 Å². The highest BCUT2D eigenvalue weighted by atomic mass is 79.9. The maximum Gasteiger partial charge on any atom is 0.344 e.